The zero-order valence-electron chi connectivity index (χ0n) is 11.9. The van der Waals surface area contributed by atoms with E-state index in [0.717, 1.165) is 17.7 Å². The number of ether oxygens (including phenoxy) is 1. The molecule has 0 bridgehead atoms. The van der Waals surface area contributed by atoms with Crippen molar-refractivity contribution >= 4 is 10.1 Å². The lowest BCUT2D eigenvalue weighted by Crippen LogP contribution is -2.12. The second-order valence-corrected chi connectivity index (χ2v) is 6.05. The van der Waals surface area contributed by atoms with Crippen molar-refractivity contribution in [3.63, 3.8) is 0 Å². The van der Waals surface area contributed by atoms with E-state index < -0.39 is 15.9 Å². The zero-order valence-corrected chi connectivity index (χ0v) is 12.7. The third-order valence-corrected chi connectivity index (χ3v) is 4.41. The van der Waals surface area contributed by atoms with Gasteiger partial charge in [-0.15, -0.1) is 0 Å². The summed E-state index contributed by atoms with van der Waals surface area (Å²) in [7, 11) is -2.87. The SMILES string of the molecule is COc1ccc(F)cc1S(=O)(=O)Oc1cccc(C)c1C. The van der Waals surface area contributed by atoms with Gasteiger partial charge in [0.05, 0.1) is 7.11 Å². The summed E-state index contributed by atoms with van der Waals surface area (Å²) in [5, 5.41) is 0. The van der Waals surface area contributed by atoms with Gasteiger partial charge in [-0.05, 0) is 49.2 Å². The maximum absolute atomic E-state index is 13.3. The molecule has 0 aliphatic rings. The van der Waals surface area contributed by atoms with Crippen LogP contribution in [0.5, 0.6) is 11.5 Å². The lowest BCUT2D eigenvalue weighted by Gasteiger charge is -2.13. The molecule has 0 N–H and O–H groups in total. The van der Waals surface area contributed by atoms with Crippen LogP contribution in [0.15, 0.2) is 41.3 Å². The fraction of sp³-hybridized carbons (Fsp3) is 0.200. The lowest BCUT2D eigenvalue weighted by atomic mass is 10.1. The first kappa shape index (κ1) is 15.3. The van der Waals surface area contributed by atoms with Crippen molar-refractivity contribution in [1.82, 2.24) is 0 Å². The van der Waals surface area contributed by atoms with Crippen LogP contribution in [0.3, 0.4) is 0 Å². The molecule has 0 aliphatic heterocycles. The summed E-state index contributed by atoms with van der Waals surface area (Å²) in [6.45, 7) is 3.60. The van der Waals surface area contributed by atoms with E-state index in [2.05, 4.69) is 0 Å². The summed E-state index contributed by atoms with van der Waals surface area (Å²) in [5.74, 6) is -0.443. The van der Waals surface area contributed by atoms with E-state index in [0.29, 0.717) is 5.56 Å². The molecular weight excluding hydrogens is 295 g/mol. The standard InChI is InChI=1S/C15H15FO4S/c1-10-5-4-6-13(11(10)2)20-21(17,18)15-9-12(16)7-8-14(15)19-3/h4-9H,1-3H3. The maximum atomic E-state index is 13.3. The lowest BCUT2D eigenvalue weighted by molar-refractivity contribution is 0.396. The van der Waals surface area contributed by atoms with Gasteiger partial charge in [-0.1, -0.05) is 12.1 Å². The third kappa shape index (κ3) is 3.16. The van der Waals surface area contributed by atoms with Gasteiger partial charge in [-0.25, -0.2) is 4.39 Å². The van der Waals surface area contributed by atoms with Crippen molar-refractivity contribution in [3.05, 3.63) is 53.3 Å². The molecular formula is C15H15FO4S. The molecule has 0 unspecified atom stereocenters. The van der Waals surface area contributed by atoms with E-state index in [1.54, 1.807) is 19.1 Å². The Labute approximate surface area is 123 Å². The summed E-state index contributed by atoms with van der Waals surface area (Å²) in [6, 6.07) is 8.32. The van der Waals surface area contributed by atoms with Gasteiger partial charge < -0.3 is 8.92 Å². The molecule has 0 heterocycles. The Bertz CT molecular complexity index is 769. The summed E-state index contributed by atoms with van der Waals surface area (Å²) >= 11 is 0. The first-order chi connectivity index (χ1) is 9.85. The molecule has 0 amide bonds. The van der Waals surface area contributed by atoms with Gasteiger partial charge in [0.15, 0.2) is 4.90 Å². The fourth-order valence-corrected chi connectivity index (χ4v) is 2.98. The number of aryl methyl sites for hydroxylation is 1. The predicted molar refractivity (Wildman–Crippen MR) is 76.7 cm³/mol. The highest BCUT2D eigenvalue weighted by Gasteiger charge is 2.23. The molecule has 0 fully saturated rings. The van der Waals surface area contributed by atoms with E-state index >= 15 is 0 Å². The molecule has 0 atom stereocenters. The van der Waals surface area contributed by atoms with Crippen LogP contribution < -0.4 is 8.92 Å². The van der Waals surface area contributed by atoms with E-state index in [1.165, 1.54) is 13.2 Å². The molecule has 2 aromatic rings. The van der Waals surface area contributed by atoms with Crippen molar-refractivity contribution in [1.29, 1.82) is 0 Å². The minimum Gasteiger partial charge on any atom is -0.495 e. The van der Waals surface area contributed by atoms with Crippen LogP contribution in [-0.2, 0) is 10.1 Å². The Morgan fingerprint density at radius 2 is 1.76 bits per heavy atom. The summed E-state index contributed by atoms with van der Waals surface area (Å²) in [4.78, 5) is -0.342. The van der Waals surface area contributed by atoms with Gasteiger partial charge in [0.1, 0.15) is 17.3 Å². The van der Waals surface area contributed by atoms with E-state index in [-0.39, 0.29) is 16.4 Å². The highest BCUT2D eigenvalue weighted by atomic mass is 32.2. The summed E-state index contributed by atoms with van der Waals surface area (Å²) in [5.41, 5.74) is 1.60. The molecule has 21 heavy (non-hydrogen) atoms. The van der Waals surface area contributed by atoms with Crippen molar-refractivity contribution in [2.24, 2.45) is 0 Å². The Morgan fingerprint density at radius 1 is 1.05 bits per heavy atom. The van der Waals surface area contributed by atoms with Crippen LogP contribution in [-0.4, -0.2) is 15.5 Å². The molecule has 4 nitrogen and oxygen atoms in total. The summed E-state index contributed by atoms with van der Waals surface area (Å²) < 4.78 is 48.1. The number of benzene rings is 2. The normalized spacial score (nSPS) is 11.2. The van der Waals surface area contributed by atoms with Gasteiger partial charge in [-0.3, -0.25) is 0 Å². The average molecular weight is 310 g/mol. The Kier molecular flexibility index (Phi) is 4.18. The van der Waals surface area contributed by atoms with Crippen molar-refractivity contribution in [2.75, 3.05) is 7.11 Å². The predicted octanol–water partition coefficient (Wildman–Crippen LogP) is 3.22. The number of halogens is 1. The largest absolute Gasteiger partial charge is 0.495 e. The van der Waals surface area contributed by atoms with Crippen molar-refractivity contribution in [3.8, 4) is 11.5 Å². The van der Waals surface area contributed by atoms with Crippen LogP contribution >= 0.6 is 0 Å². The molecule has 0 aromatic heterocycles. The number of hydrogen-bond donors (Lipinski definition) is 0. The van der Waals surface area contributed by atoms with Crippen molar-refractivity contribution in [2.45, 2.75) is 18.7 Å². The van der Waals surface area contributed by atoms with Crippen LogP contribution in [0.25, 0.3) is 0 Å². The maximum Gasteiger partial charge on any atom is 0.343 e. The monoisotopic (exact) mass is 310 g/mol. The topological polar surface area (TPSA) is 52.6 Å². The van der Waals surface area contributed by atoms with Gasteiger partial charge in [0.25, 0.3) is 0 Å². The quantitative estimate of drug-likeness (QED) is 0.814. The second-order valence-electron chi connectivity index (χ2n) is 4.53. The van der Waals surface area contributed by atoms with Gasteiger partial charge in [0.2, 0.25) is 0 Å². The van der Waals surface area contributed by atoms with Gasteiger partial charge >= 0.3 is 10.1 Å². The Balaban J connectivity index is 2.48. The third-order valence-electron chi connectivity index (χ3n) is 3.15. The molecule has 0 spiro atoms. The van der Waals surface area contributed by atoms with E-state index in [4.69, 9.17) is 8.92 Å². The van der Waals surface area contributed by atoms with E-state index in [1.807, 2.05) is 13.0 Å². The average Bonchev–Trinajstić information content (AvgIpc) is 2.44. The Hall–Kier alpha value is -2.08. The molecule has 0 saturated heterocycles. The first-order valence-corrected chi connectivity index (χ1v) is 7.60. The van der Waals surface area contributed by atoms with Gasteiger partial charge in [0, 0.05) is 0 Å². The van der Waals surface area contributed by atoms with Crippen LogP contribution in [0.2, 0.25) is 0 Å². The second kappa shape index (κ2) is 5.73. The molecule has 2 rings (SSSR count). The highest BCUT2D eigenvalue weighted by molar-refractivity contribution is 7.87. The molecule has 2 aromatic carbocycles. The molecule has 0 radical (unpaired) electrons. The van der Waals surface area contributed by atoms with Gasteiger partial charge in [-0.2, -0.15) is 8.42 Å². The van der Waals surface area contributed by atoms with E-state index in [9.17, 15) is 12.8 Å². The molecule has 0 aliphatic carbocycles. The zero-order chi connectivity index (χ0) is 15.6. The number of hydrogen-bond acceptors (Lipinski definition) is 4. The van der Waals surface area contributed by atoms with Crippen LogP contribution in [0.4, 0.5) is 4.39 Å². The minimum atomic E-state index is -4.18. The number of rotatable bonds is 4. The fourth-order valence-electron chi connectivity index (χ4n) is 1.82. The molecule has 0 saturated carbocycles. The molecule has 112 valence electrons. The minimum absolute atomic E-state index is 0.0294. The summed E-state index contributed by atoms with van der Waals surface area (Å²) in [6.07, 6.45) is 0. The van der Waals surface area contributed by atoms with Crippen molar-refractivity contribution < 1.29 is 21.7 Å². The highest BCUT2D eigenvalue weighted by Crippen LogP contribution is 2.29. The van der Waals surface area contributed by atoms with Crippen LogP contribution in [0.1, 0.15) is 11.1 Å². The first-order valence-electron chi connectivity index (χ1n) is 6.19. The smallest absolute Gasteiger partial charge is 0.343 e. The molecule has 6 heteroatoms. The van der Waals surface area contributed by atoms with Crippen LogP contribution in [0, 0.1) is 19.7 Å². The number of methoxy groups -OCH3 is 1. The Morgan fingerprint density at radius 3 is 2.43 bits per heavy atom.